The second-order valence-electron chi connectivity index (χ2n) is 8.43. The van der Waals surface area contributed by atoms with E-state index in [4.69, 9.17) is 4.98 Å². The number of benzene rings is 4. The van der Waals surface area contributed by atoms with Crippen molar-refractivity contribution in [3.05, 3.63) is 115 Å². The number of pyridine rings is 1. The molecule has 0 aliphatic rings. The molecule has 4 aromatic carbocycles. The fourth-order valence-electron chi connectivity index (χ4n) is 4.84. The Morgan fingerprint density at radius 3 is 2.11 bits per heavy atom. The SMILES string of the molecule is Oc1ccccc1-c1[c-]c(-c2cccc3c2nc2n(-c4ccccn4)c4ccccc4n32)ccc1.[Pt]. The summed E-state index contributed by atoms with van der Waals surface area (Å²) in [6, 6.07) is 37.2. The van der Waals surface area contributed by atoms with Crippen LogP contribution in [-0.4, -0.2) is 24.0 Å². The molecule has 0 saturated heterocycles. The van der Waals surface area contributed by atoms with Crippen LogP contribution in [0.25, 0.3) is 55.9 Å². The summed E-state index contributed by atoms with van der Waals surface area (Å²) in [5.41, 5.74) is 7.53. The Hall–Kier alpha value is -4.21. The van der Waals surface area contributed by atoms with Crippen molar-refractivity contribution in [2.24, 2.45) is 0 Å². The molecule has 0 saturated carbocycles. The average Bonchev–Trinajstić information content (AvgIpc) is 3.44. The zero-order chi connectivity index (χ0) is 23.4. The molecule has 7 aromatic rings. The molecule has 3 heterocycles. The van der Waals surface area contributed by atoms with Crippen LogP contribution in [0.5, 0.6) is 5.75 Å². The molecule has 0 spiro atoms. The van der Waals surface area contributed by atoms with Crippen molar-refractivity contribution in [3.8, 4) is 33.8 Å². The Bertz CT molecular complexity index is 1870. The molecule has 0 aliphatic carbocycles. The first kappa shape index (κ1) is 22.3. The van der Waals surface area contributed by atoms with E-state index in [1.54, 1.807) is 12.3 Å². The molecule has 176 valence electrons. The van der Waals surface area contributed by atoms with Gasteiger partial charge in [0.1, 0.15) is 5.82 Å². The van der Waals surface area contributed by atoms with Gasteiger partial charge in [-0.05, 0) is 42.0 Å². The number of aromatic nitrogens is 4. The predicted molar refractivity (Wildman–Crippen MR) is 139 cm³/mol. The van der Waals surface area contributed by atoms with Gasteiger partial charge in [0.15, 0.2) is 0 Å². The van der Waals surface area contributed by atoms with Gasteiger partial charge in [-0.1, -0.05) is 54.1 Å². The van der Waals surface area contributed by atoms with Crippen LogP contribution in [0, 0.1) is 6.07 Å². The van der Waals surface area contributed by atoms with E-state index < -0.39 is 0 Å². The smallest absolute Gasteiger partial charge is 0.221 e. The number of para-hydroxylation sites is 4. The molecule has 6 heteroatoms. The Kier molecular flexibility index (Phi) is 5.43. The van der Waals surface area contributed by atoms with Gasteiger partial charge in [0, 0.05) is 27.3 Å². The van der Waals surface area contributed by atoms with Crippen molar-refractivity contribution in [2.75, 3.05) is 0 Å². The number of rotatable bonds is 3. The van der Waals surface area contributed by atoms with E-state index in [0.717, 1.165) is 55.9 Å². The Morgan fingerprint density at radius 1 is 0.639 bits per heavy atom. The monoisotopic (exact) mass is 646 g/mol. The van der Waals surface area contributed by atoms with Crippen molar-refractivity contribution >= 4 is 27.8 Å². The maximum Gasteiger partial charge on any atom is 0.221 e. The normalized spacial score (nSPS) is 11.2. The van der Waals surface area contributed by atoms with Crippen molar-refractivity contribution in [2.45, 2.75) is 0 Å². The molecule has 5 nitrogen and oxygen atoms in total. The van der Waals surface area contributed by atoms with E-state index in [0.29, 0.717) is 0 Å². The molecule has 0 atom stereocenters. The van der Waals surface area contributed by atoms with E-state index in [2.05, 4.69) is 50.3 Å². The van der Waals surface area contributed by atoms with Gasteiger partial charge in [-0.3, -0.25) is 8.97 Å². The Balaban J connectivity index is 0.00000240. The van der Waals surface area contributed by atoms with Gasteiger partial charge in [0.25, 0.3) is 0 Å². The molecule has 36 heavy (non-hydrogen) atoms. The van der Waals surface area contributed by atoms with E-state index in [9.17, 15) is 5.11 Å². The Labute approximate surface area is 221 Å². The van der Waals surface area contributed by atoms with E-state index in [1.807, 2.05) is 66.7 Å². The van der Waals surface area contributed by atoms with Crippen LogP contribution in [0.1, 0.15) is 0 Å². The zero-order valence-corrected chi connectivity index (χ0v) is 21.2. The minimum Gasteiger partial charge on any atom is -0.515 e. The number of hydrogen-bond acceptors (Lipinski definition) is 3. The molecular weight excluding hydrogens is 627 g/mol. The molecule has 3 aromatic heterocycles. The first-order chi connectivity index (χ1) is 17.3. The summed E-state index contributed by atoms with van der Waals surface area (Å²) in [7, 11) is 0. The summed E-state index contributed by atoms with van der Waals surface area (Å²) in [5, 5.41) is 10.4. The molecule has 0 fully saturated rings. The quantitative estimate of drug-likeness (QED) is 0.219. The average molecular weight is 647 g/mol. The fraction of sp³-hybridized carbons (Fsp3) is 0. The number of phenolic OH excluding ortho intramolecular Hbond substituents is 1. The van der Waals surface area contributed by atoms with Crippen molar-refractivity contribution in [1.82, 2.24) is 18.9 Å². The van der Waals surface area contributed by atoms with Gasteiger partial charge in [-0.2, -0.15) is 0 Å². The van der Waals surface area contributed by atoms with Gasteiger partial charge < -0.3 is 5.11 Å². The molecule has 0 radical (unpaired) electrons. The summed E-state index contributed by atoms with van der Waals surface area (Å²) in [6.07, 6.45) is 1.80. The fourth-order valence-corrected chi connectivity index (χ4v) is 4.84. The molecular formula is C30H19N4OPt-. The summed E-state index contributed by atoms with van der Waals surface area (Å²) in [4.78, 5) is 9.75. The van der Waals surface area contributed by atoms with Gasteiger partial charge in [0.2, 0.25) is 5.78 Å². The third kappa shape index (κ3) is 3.35. The Morgan fingerprint density at radius 2 is 1.31 bits per heavy atom. The van der Waals surface area contributed by atoms with Crippen LogP contribution < -0.4 is 0 Å². The largest absolute Gasteiger partial charge is 0.515 e. The molecule has 0 amide bonds. The standard InChI is InChI=1S/C30H19N4O.Pt/c35-27-16-4-1-11-22(27)20-9-7-10-21(19-20)23-12-8-15-26-29(23)32-30-33(26)24-13-2-3-14-25(24)34(30)28-17-5-6-18-31-28;/h1-18,35H;/q-1;. The third-order valence-electron chi connectivity index (χ3n) is 6.39. The maximum atomic E-state index is 10.4. The number of nitrogens with zero attached hydrogens (tertiary/aromatic N) is 4. The van der Waals surface area contributed by atoms with Crippen LogP contribution in [0.3, 0.4) is 0 Å². The minimum absolute atomic E-state index is 0. The molecule has 0 bridgehead atoms. The zero-order valence-electron chi connectivity index (χ0n) is 18.9. The van der Waals surface area contributed by atoms with Crippen LogP contribution in [0.15, 0.2) is 109 Å². The topological polar surface area (TPSA) is 55.4 Å². The summed E-state index contributed by atoms with van der Waals surface area (Å²) in [5.74, 6) is 1.87. The number of imidazole rings is 2. The van der Waals surface area contributed by atoms with E-state index in [1.165, 1.54) is 0 Å². The van der Waals surface area contributed by atoms with Crippen LogP contribution >= 0.6 is 0 Å². The van der Waals surface area contributed by atoms with E-state index >= 15 is 0 Å². The third-order valence-corrected chi connectivity index (χ3v) is 6.39. The molecule has 1 N–H and O–H groups in total. The van der Waals surface area contributed by atoms with Gasteiger partial charge in [0.05, 0.1) is 27.8 Å². The van der Waals surface area contributed by atoms with Crippen molar-refractivity contribution < 1.29 is 26.2 Å². The van der Waals surface area contributed by atoms with Gasteiger partial charge >= 0.3 is 0 Å². The summed E-state index contributed by atoms with van der Waals surface area (Å²) >= 11 is 0. The second kappa shape index (κ2) is 8.78. The van der Waals surface area contributed by atoms with Gasteiger partial charge in [-0.25, -0.2) is 9.97 Å². The van der Waals surface area contributed by atoms with Crippen molar-refractivity contribution in [3.63, 3.8) is 0 Å². The van der Waals surface area contributed by atoms with Crippen LogP contribution in [0.4, 0.5) is 0 Å². The molecule has 7 rings (SSSR count). The predicted octanol–water partition coefficient (Wildman–Crippen LogP) is 6.66. The van der Waals surface area contributed by atoms with Crippen molar-refractivity contribution in [1.29, 1.82) is 0 Å². The summed E-state index contributed by atoms with van der Waals surface area (Å²) in [6.45, 7) is 0. The van der Waals surface area contributed by atoms with Crippen LogP contribution in [-0.2, 0) is 21.1 Å². The van der Waals surface area contributed by atoms with Crippen LogP contribution in [0.2, 0.25) is 0 Å². The molecule has 0 unspecified atom stereocenters. The molecule has 0 aliphatic heterocycles. The van der Waals surface area contributed by atoms with E-state index in [-0.39, 0.29) is 26.8 Å². The number of aromatic hydroxyl groups is 1. The minimum atomic E-state index is 0. The second-order valence-corrected chi connectivity index (χ2v) is 8.43. The number of fused-ring (bicyclic) bond motifs is 5. The van der Waals surface area contributed by atoms with Gasteiger partial charge in [-0.15, -0.1) is 35.4 Å². The first-order valence-electron chi connectivity index (χ1n) is 11.4. The number of hydrogen-bond donors (Lipinski definition) is 1. The maximum absolute atomic E-state index is 10.4. The first-order valence-corrected chi connectivity index (χ1v) is 11.4. The number of phenols is 1. The summed E-state index contributed by atoms with van der Waals surface area (Å²) < 4.78 is 4.29.